The van der Waals surface area contributed by atoms with E-state index in [0.29, 0.717) is 53.6 Å². The number of likely N-dealkylation sites (N-methyl/N-ethyl adjacent to an activating group) is 1. The van der Waals surface area contributed by atoms with E-state index in [1.807, 2.05) is 54.2 Å². The van der Waals surface area contributed by atoms with Crippen molar-refractivity contribution in [2.75, 3.05) is 52.3 Å². The molecule has 9 atom stereocenters. The first kappa shape index (κ1) is 37.6. The fourth-order valence-corrected chi connectivity index (χ4v) is 10.0. The van der Waals surface area contributed by atoms with Gasteiger partial charge in [-0.3, -0.25) is 19.4 Å². The quantitative estimate of drug-likeness (QED) is 0.258. The molecule has 1 unspecified atom stereocenters. The normalized spacial score (nSPS) is 30.8. The summed E-state index contributed by atoms with van der Waals surface area (Å²) < 4.78 is 6.09. The number of aliphatic hydroxyl groups excluding tert-OH is 2. The molecule has 2 aromatic rings. The number of fused-ring (bicyclic) bond motifs is 2. The Morgan fingerprint density at radius 3 is 2.55 bits per heavy atom. The van der Waals surface area contributed by atoms with Gasteiger partial charge in [0.25, 0.3) is 5.91 Å². The van der Waals surface area contributed by atoms with Crippen LogP contribution in [0.2, 0.25) is 0 Å². The highest BCUT2D eigenvalue weighted by Gasteiger charge is 2.57. The predicted molar refractivity (Wildman–Crippen MR) is 202 cm³/mol. The van der Waals surface area contributed by atoms with E-state index < -0.39 is 24.2 Å². The van der Waals surface area contributed by atoms with Crippen LogP contribution < -0.4 is 20.3 Å². The van der Waals surface area contributed by atoms with Crippen LogP contribution in [0.3, 0.4) is 0 Å². The lowest BCUT2D eigenvalue weighted by molar-refractivity contribution is -0.139. The van der Waals surface area contributed by atoms with Gasteiger partial charge in [0.15, 0.2) is 0 Å². The minimum absolute atomic E-state index is 0.0838. The second-order valence-corrected chi connectivity index (χ2v) is 16.6. The molecule has 2 heterocycles. The number of rotatable bonds is 12. The van der Waals surface area contributed by atoms with Crippen molar-refractivity contribution in [1.29, 1.82) is 0 Å². The molecule has 3 aliphatic carbocycles. The largest absolute Gasteiger partial charge is 0.496 e. The highest BCUT2D eigenvalue weighted by molar-refractivity contribution is 5.97. The van der Waals surface area contributed by atoms with E-state index in [1.165, 1.54) is 6.42 Å². The number of benzene rings is 2. The van der Waals surface area contributed by atoms with Gasteiger partial charge in [-0.05, 0) is 92.6 Å². The summed E-state index contributed by atoms with van der Waals surface area (Å²) in [6.45, 7) is 14.1. The molecule has 3 saturated carbocycles. The predicted octanol–water partition coefficient (Wildman–Crippen LogP) is 4.37. The Balaban J connectivity index is 1.25. The molecule has 0 aromatic heterocycles. The second kappa shape index (κ2) is 15.0. The van der Waals surface area contributed by atoms with Crippen molar-refractivity contribution in [3.63, 3.8) is 0 Å². The highest BCUT2D eigenvalue weighted by atomic mass is 16.5. The van der Waals surface area contributed by atoms with Crippen LogP contribution in [-0.2, 0) is 11.3 Å². The molecule has 10 nitrogen and oxygen atoms in total. The van der Waals surface area contributed by atoms with E-state index >= 15 is 0 Å². The lowest BCUT2D eigenvalue weighted by Gasteiger charge is -2.62. The number of nitrogens with zero attached hydrogens (tertiary/aromatic N) is 3. The van der Waals surface area contributed by atoms with Gasteiger partial charge in [0.2, 0.25) is 5.91 Å². The molecule has 2 aromatic carbocycles. The zero-order chi connectivity index (χ0) is 36.8. The number of β-amino-alcohol motifs (C(OH)–C–C–N with tert-alkyl or cyclic N) is 1. The third kappa shape index (κ3) is 7.26. The van der Waals surface area contributed by atoms with Crippen molar-refractivity contribution < 1.29 is 24.5 Å². The molecule has 51 heavy (non-hydrogen) atoms. The summed E-state index contributed by atoms with van der Waals surface area (Å²) in [6.07, 6.45) is 2.73. The van der Waals surface area contributed by atoms with Crippen LogP contribution in [0.25, 0.3) is 11.1 Å². The Bertz CT molecular complexity index is 1580. The number of amides is 2. The Morgan fingerprint density at radius 2 is 1.90 bits per heavy atom. The summed E-state index contributed by atoms with van der Waals surface area (Å²) in [7, 11) is 5.57. The monoisotopic (exact) mass is 703 g/mol. The van der Waals surface area contributed by atoms with Crippen molar-refractivity contribution in [1.82, 2.24) is 20.4 Å². The molecule has 2 aliphatic heterocycles. The number of hydrogen-bond donors (Lipinski definition) is 4. The first-order chi connectivity index (χ1) is 24.2. The van der Waals surface area contributed by atoms with Gasteiger partial charge in [-0.15, -0.1) is 0 Å². The summed E-state index contributed by atoms with van der Waals surface area (Å²) >= 11 is 0. The van der Waals surface area contributed by atoms with Crippen molar-refractivity contribution in [2.24, 2.45) is 29.1 Å². The third-order valence-corrected chi connectivity index (χ3v) is 13.2. The van der Waals surface area contributed by atoms with Gasteiger partial charge >= 0.3 is 0 Å². The van der Waals surface area contributed by atoms with Gasteiger partial charge < -0.3 is 30.5 Å². The second-order valence-electron chi connectivity index (χ2n) is 16.6. The van der Waals surface area contributed by atoms with Crippen LogP contribution in [0.1, 0.15) is 76.2 Å². The maximum absolute atomic E-state index is 14.2. The number of anilines is 1. The number of methoxy groups -OCH3 is 1. The lowest BCUT2D eigenvalue weighted by Crippen LogP contribution is -2.62. The smallest absolute Gasteiger partial charge is 0.251 e. The zero-order valence-corrected chi connectivity index (χ0v) is 32.0. The van der Waals surface area contributed by atoms with Gasteiger partial charge in [-0.2, -0.15) is 0 Å². The molecule has 5 fully saturated rings. The topological polar surface area (TPSA) is 118 Å². The Morgan fingerprint density at radius 1 is 1.14 bits per heavy atom. The molecular weight excluding hydrogens is 642 g/mol. The molecule has 10 heteroatoms. The minimum atomic E-state index is -0.859. The van der Waals surface area contributed by atoms with Gasteiger partial charge in [-0.25, -0.2) is 0 Å². The Labute approximate surface area is 304 Å². The van der Waals surface area contributed by atoms with Gasteiger partial charge in [0.05, 0.1) is 25.4 Å². The summed E-state index contributed by atoms with van der Waals surface area (Å²) in [4.78, 5) is 34.2. The molecule has 0 spiro atoms. The molecule has 280 valence electrons. The van der Waals surface area contributed by atoms with Crippen LogP contribution in [0, 0.1) is 29.1 Å². The van der Waals surface area contributed by atoms with Crippen molar-refractivity contribution in [3.05, 3.63) is 47.5 Å². The Kier molecular flexibility index (Phi) is 11.1. The average molecular weight is 704 g/mol. The molecule has 4 N–H and O–H groups in total. The number of nitrogens with one attached hydrogen (secondary N) is 2. The summed E-state index contributed by atoms with van der Waals surface area (Å²) in [5, 5.41) is 28.6. The highest BCUT2D eigenvalue weighted by Crippen LogP contribution is 2.61. The van der Waals surface area contributed by atoms with E-state index in [4.69, 9.17) is 4.74 Å². The van der Waals surface area contributed by atoms with Crippen LogP contribution in [0.4, 0.5) is 5.69 Å². The minimum Gasteiger partial charge on any atom is -0.496 e. The van der Waals surface area contributed by atoms with E-state index in [1.54, 1.807) is 14.0 Å². The van der Waals surface area contributed by atoms with E-state index in [0.717, 1.165) is 54.7 Å². The number of para-hydroxylation sites is 1. The van der Waals surface area contributed by atoms with Crippen molar-refractivity contribution in [2.45, 2.75) is 97.2 Å². The average Bonchev–Trinajstić information content (AvgIpc) is 3.70. The third-order valence-electron chi connectivity index (χ3n) is 13.2. The van der Waals surface area contributed by atoms with Crippen molar-refractivity contribution >= 4 is 17.5 Å². The number of carbonyl (C=O) groups excluding carboxylic acids is 2. The molecule has 2 bridgehead atoms. The fraction of sp³-hybridized carbons (Fsp3) is 0.659. The van der Waals surface area contributed by atoms with E-state index in [9.17, 15) is 19.8 Å². The lowest BCUT2D eigenvalue weighted by atomic mass is 9.45. The maximum atomic E-state index is 14.2. The van der Waals surface area contributed by atoms with Crippen LogP contribution in [-0.4, -0.2) is 110 Å². The first-order valence-electron chi connectivity index (χ1n) is 19.2. The van der Waals surface area contributed by atoms with Gasteiger partial charge in [0.1, 0.15) is 5.75 Å². The number of likely N-dealkylation sites (tertiary alicyclic amines) is 2. The zero-order valence-electron chi connectivity index (χ0n) is 32.0. The number of aliphatic hydroxyl groups is 2. The Hall–Kier alpha value is -3.18. The first-order valence-corrected chi connectivity index (χ1v) is 19.2. The molecule has 2 saturated heterocycles. The molecule has 0 radical (unpaired) electrons. The molecule has 5 aliphatic rings. The van der Waals surface area contributed by atoms with Gasteiger partial charge in [-0.1, -0.05) is 45.9 Å². The number of carbonyl (C=O) groups is 2. The number of hydrogen-bond acceptors (Lipinski definition) is 8. The summed E-state index contributed by atoms with van der Waals surface area (Å²) in [5.74, 6) is 1.37. The van der Waals surface area contributed by atoms with E-state index in [2.05, 4.69) is 49.3 Å². The summed E-state index contributed by atoms with van der Waals surface area (Å²) in [6, 6.07) is 11.6. The SMILES string of the molecule is CCN1CCC[C@@H]1CNC(=O)c1cc(-c2cccc(CN3C[C@H](O)[C@@H]([C@H](C)O)[C@H]3C(=O)NC3C[C@H]4C[C@@H]([C@@H]3C)C4(C)C)c2OC)cc(N(C)C)c1. The fourth-order valence-electron chi connectivity index (χ4n) is 10.0. The summed E-state index contributed by atoms with van der Waals surface area (Å²) in [5.41, 5.74) is 4.35. The molecule has 7 rings (SSSR count). The molecule has 2 amide bonds. The van der Waals surface area contributed by atoms with Crippen LogP contribution in [0.15, 0.2) is 36.4 Å². The van der Waals surface area contributed by atoms with Crippen LogP contribution in [0.5, 0.6) is 5.75 Å². The van der Waals surface area contributed by atoms with Crippen molar-refractivity contribution in [3.8, 4) is 16.9 Å². The van der Waals surface area contributed by atoms with Crippen LogP contribution >= 0.6 is 0 Å². The standard InChI is InChI=1S/C41H61N5O5/c1-9-45-15-11-13-30(45)21-42-39(49)28-16-27(17-31(18-28)44(6)7)32-14-10-12-26(38(32)51-8)22-46-23-35(48)36(25(3)47)37(46)40(50)43-34-20-29-19-33(24(34)2)41(29,4)5/h10,12,14,16-18,24-25,29-30,33-37,47-48H,9,11,13,15,19-23H2,1-8H3,(H,42,49)(H,43,50)/t24-,25-,29+,30+,33-,34?,35-,36+,37-/m0/s1. The molecular formula is C41H61N5O5. The van der Waals surface area contributed by atoms with Gasteiger partial charge in [0, 0.05) is 74.1 Å². The number of ether oxygens (including phenoxy) is 1. The maximum Gasteiger partial charge on any atom is 0.251 e. The van der Waals surface area contributed by atoms with E-state index in [-0.39, 0.29) is 24.4 Å².